The third kappa shape index (κ3) is 4.58. The molecule has 148 valence electrons. The molecule has 6 nitrogen and oxygen atoms in total. The standard InChI is InChI=1S/C21H26N4O2S/c26-20-12-19(22-14-23-20)25-11-5-6-15(13-25)21(27)24-17-9-3-4-10-18(17)28-16-7-1-2-8-16/h3-4,9-10,12,14-16H,1-2,5-8,11,13H2,(H,24,27)(H,22,23,26). The minimum atomic E-state index is -0.172. The Morgan fingerprint density at radius 1 is 1.18 bits per heavy atom. The maximum atomic E-state index is 13.0. The van der Waals surface area contributed by atoms with Gasteiger partial charge in [-0.25, -0.2) is 4.98 Å². The van der Waals surface area contributed by atoms with Crippen molar-refractivity contribution in [3.63, 3.8) is 0 Å². The predicted molar refractivity (Wildman–Crippen MR) is 113 cm³/mol. The van der Waals surface area contributed by atoms with Gasteiger partial charge < -0.3 is 15.2 Å². The zero-order chi connectivity index (χ0) is 19.3. The average molecular weight is 399 g/mol. The van der Waals surface area contributed by atoms with E-state index in [1.807, 2.05) is 34.9 Å². The number of anilines is 2. The number of nitrogens with zero attached hydrogens (tertiary/aromatic N) is 2. The van der Waals surface area contributed by atoms with Crippen LogP contribution in [0.25, 0.3) is 0 Å². The number of piperidine rings is 1. The lowest BCUT2D eigenvalue weighted by Crippen LogP contribution is -2.41. The van der Waals surface area contributed by atoms with Crippen LogP contribution in [0.2, 0.25) is 0 Å². The van der Waals surface area contributed by atoms with E-state index in [2.05, 4.69) is 21.4 Å². The SMILES string of the molecule is O=C(Nc1ccccc1SC1CCCC1)C1CCCN(c2cc(=O)[nH]cn2)C1. The number of aromatic nitrogens is 2. The second kappa shape index (κ2) is 8.82. The van der Waals surface area contributed by atoms with E-state index in [0.29, 0.717) is 17.6 Å². The molecule has 7 heteroatoms. The Morgan fingerprint density at radius 3 is 2.82 bits per heavy atom. The molecule has 0 spiro atoms. The van der Waals surface area contributed by atoms with E-state index in [1.165, 1.54) is 38.1 Å². The highest BCUT2D eigenvalue weighted by Crippen LogP contribution is 2.38. The maximum absolute atomic E-state index is 13.0. The first-order chi connectivity index (χ1) is 13.7. The van der Waals surface area contributed by atoms with Crippen molar-refractivity contribution in [3.8, 4) is 0 Å². The number of amides is 1. The summed E-state index contributed by atoms with van der Waals surface area (Å²) in [5.41, 5.74) is 0.741. The first-order valence-corrected chi connectivity index (χ1v) is 10.9. The summed E-state index contributed by atoms with van der Waals surface area (Å²) < 4.78 is 0. The number of hydrogen-bond acceptors (Lipinski definition) is 5. The van der Waals surface area contributed by atoms with Crippen LogP contribution in [0.15, 0.2) is 46.3 Å². The van der Waals surface area contributed by atoms with Crippen LogP contribution in [0, 0.1) is 5.92 Å². The number of hydrogen-bond donors (Lipinski definition) is 2. The average Bonchev–Trinajstić information content (AvgIpc) is 3.23. The Bertz CT molecular complexity index is 878. The topological polar surface area (TPSA) is 78.1 Å². The number of carbonyl (C=O) groups is 1. The fraction of sp³-hybridized carbons (Fsp3) is 0.476. The van der Waals surface area contributed by atoms with E-state index >= 15 is 0 Å². The molecule has 4 rings (SSSR count). The zero-order valence-electron chi connectivity index (χ0n) is 15.9. The third-order valence-corrected chi connectivity index (χ3v) is 6.94. The number of nitrogens with one attached hydrogen (secondary N) is 2. The number of H-pyrrole nitrogens is 1. The molecule has 28 heavy (non-hydrogen) atoms. The normalized spacial score (nSPS) is 20.3. The Hall–Kier alpha value is -2.28. The number of benzene rings is 1. The molecule has 1 aromatic carbocycles. The first-order valence-electron chi connectivity index (χ1n) is 10.1. The van der Waals surface area contributed by atoms with E-state index < -0.39 is 0 Å². The van der Waals surface area contributed by atoms with E-state index in [4.69, 9.17) is 0 Å². The second-order valence-electron chi connectivity index (χ2n) is 7.56. The van der Waals surface area contributed by atoms with Gasteiger partial charge in [-0.1, -0.05) is 25.0 Å². The molecule has 0 radical (unpaired) electrons. The summed E-state index contributed by atoms with van der Waals surface area (Å²) in [6.07, 6.45) is 8.30. The van der Waals surface area contributed by atoms with Gasteiger partial charge in [0.2, 0.25) is 5.91 Å². The summed E-state index contributed by atoms with van der Waals surface area (Å²) in [5, 5.41) is 3.82. The van der Waals surface area contributed by atoms with Gasteiger partial charge in [0, 0.05) is 29.3 Å². The molecule has 2 aromatic rings. The molecule has 1 aliphatic heterocycles. The fourth-order valence-corrected chi connectivity index (χ4v) is 5.35. The number of thioether (sulfide) groups is 1. The van der Waals surface area contributed by atoms with Crippen LogP contribution in [0.1, 0.15) is 38.5 Å². The number of carbonyl (C=O) groups excluding carboxylic acids is 1. The van der Waals surface area contributed by atoms with Crippen LogP contribution in [-0.4, -0.2) is 34.2 Å². The van der Waals surface area contributed by atoms with Crippen molar-refractivity contribution in [1.82, 2.24) is 9.97 Å². The summed E-state index contributed by atoms with van der Waals surface area (Å²) in [4.78, 5) is 34.5. The molecule has 1 atom stereocenters. The highest BCUT2D eigenvalue weighted by atomic mass is 32.2. The van der Waals surface area contributed by atoms with Gasteiger partial charge in [0.25, 0.3) is 5.56 Å². The molecular formula is C21H26N4O2S. The summed E-state index contributed by atoms with van der Waals surface area (Å²) in [6.45, 7) is 1.40. The van der Waals surface area contributed by atoms with Gasteiger partial charge in [-0.05, 0) is 37.8 Å². The summed E-state index contributed by atoms with van der Waals surface area (Å²) >= 11 is 1.89. The molecule has 2 aliphatic rings. The summed E-state index contributed by atoms with van der Waals surface area (Å²) in [5.74, 6) is 0.576. The lowest BCUT2D eigenvalue weighted by atomic mass is 9.97. The summed E-state index contributed by atoms with van der Waals surface area (Å²) in [7, 11) is 0. The van der Waals surface area contributed by atoms with Gasteiger partial charge in [0.15, 0.2) is 0 Å². The van der Waals surface area contributed by atoms with Gasteiger partial charge in [0.05, 0.1) is 17.9 Å². The number of rotatable bonds is 5. The predicted octanol–water partition coefficient (Wildman–Crippen LogP) is 3.66. The van der Waals surface area contributed by atoms with Crippen LogP contribution in [0.4, 0.5) is 11.5 Å². The van der Waals surface area contributed by atoms with Crippen molar-refractivity contribution in [2.75, 3.05) is 23.3 Å². The molecule has 2 heterocycles. The highest BCUT2D eigenvalue weighted by Gasteiger charge is 2.27. The maximum Gasteiger partial charge on any atom is 0.252 e. The molecule has 1 saturated carbocycles. The molecule has 0 bridgehead atoms. The quantitative estimate of drug-likeness (QED) is 0.804. The molecule has 1 amide bonds. The Morgan fingerprint density at radius 2 is 2.00 bits per heavy atom. The van der Waals surface area contributed by atoms with Crippen molar-refractivity contribution in [2.24, 2.45) is 5.92 Å². The molecule has 1 aliphatic carbocycles. The van der Waals surface area contributed by atoms with Crippen LogP contribution in [0.5, 0.6) is 0 Å². The molecule has 1 unspecified atom stereocenters. The van der Waals surface area contributed by atoms with Crippen LogP contribution < -0.4 is 15.8 Å². The van der Waals surface area contributed by atoms with Crippen molar-refractivity contribution < 1.29 is 4.79 Å². The van der Waals surface area contributed by atoms with Crippen LogP contribution in [-0.2, 0) is 4.79 Å². The lowest BCUT2D eigenvalue weighted by molar-refractivity contribution is -0.120. The lowest BCUT2D eigenvalue weighted by Gasteiger charge is -2.32. The van der Waals surface area contributed by atoms with Crippen LogP contribution >= 0.6 is 11.8 Å². The van der Waals surface area contributed by atoms with Crippen LogP contribution in [0.3, 0.4) is 0 Å². The van der Waals surface area contributed by atoms with Gasteiger partial charge in [0.1, 0.15) is 5.82 Å². The van der Waals surface area contributed by atoms with Crippen molar-refractivity contribution in [1.29, 1.82) is 0 Å². The smallest absolute Gasteiger partial charge is 0.252 e. The molecule has 2 fully saturated rings. The first kappa shape index (κ1) is 19.1. The summed E-state index contributed by atoms with van der Waals surface area (Å²) in [6, 6.07) is 9.60. The molecule has 1 aromatic heterocycles. The second-order valence-corrected chi connectivity index (χ2v) is 8.91. The Kier molecular flexibility index (Phi) is 6.00. The van der Waals surface area contributed by atoms with Gasteiger partial charge >= 0.3 is 0 Å². The largest absolute Gasteiger partial charge is 0.356 e. The van der Waals surface area contributed by atoms with Crippen molar-refractivity contribution >= 4 is 29.2 Å². The zero-order valence-corrected chi connectivity index (χ0v) is 16.7. The highest BCUT2D eigenvalue weighted by molar-refractivity contribution is 8.00. The van der Waals surface area contributed by atoms with E-state index in [9.17, 15) is 9.59 Å². The van der Waals surface area contributed by atoms with Gasteiger partial charge in [-0.2, -0.15) is 0 Å². The minimum absolute atomic E-state index is 0.0500. The molecular weight excluding hydrogens is 372 g/mol. The van der Waals surface area contributed by atoms with E-state index in [0.717, 1.165) is 30.0 Å². The Labute approximate surface area is 169 Å². The molecule has 2 N–H and O–H groups in total. The van der Waals surface area contributed by atoms with Gasteiger partial charge in [-0.15, -0.1) is 11.8 Å². The van der Waals surface area contributed by atoms with E-state index in [1.54, 1.807) is 0 Å². The Balaban J connectivity index is 1.42. The molecule has 1 saturated heterocycles. The van der Waals surface area contributed by atoms with Crippen molar-refractivity contribution in [2.45, 2.75) is 48.7 Å². The monoisotopic (exact) mass is 398 g/mol. The van der Waals surface area contributed by atoms with E-state index in [-0.39, 0.29) is 17.4 Å². The number of para-hydroxylation sites is 1. The third-order valence-electron chi connectivity index (χ3n) is 5.52. The van der Waals surface area contributed by atoms with Crippen molar-refractivity contribution in [3.05, 3.63) is 47.0 Å². The van der Waals surface area contributed by atoms with Gasteiger partial charge in [-0.3, -0.25) is 9.59 Å². The number of aromatic amines is 1. The fourth-order valence-electron chi connectivity index (χ4n) is 4.02. The minimum Gasteiger partial charge on any atom is -0.356 e.